The highest BCUT2D eigenvalue weighted by Gasteiger charge is 2.31. The molecule has 0 amide bonds. The highest BCUT2D eigenvalue weighted by atomic mass is 35.5. The molecule has 0 unspecified atom stereocenters. The Kier molecular flexibility index (Phi) is 6.38. The lowest BCUT2D eigenvalue weighted by Crippen LogP contribution is -2.27. The normalized spacial score (nSPS) is 12.8. The average molecular weight is 384 g/mol. The molecule has 0 aromatic carbocycles. The van der Waals surface area contributed by atoms with E-state index in [1.165, 1.54) is 14.1 Å². The van der Waals surface area contributed by atoms with Crippen LogP contribution in [0.25, 0.3) is 0 Å². The van der Waals surface area contributed by atoms with Crippen LogP contribution in [-0.4, -0.2) is 62.1 Å². The molecule has 0 aliphatic carbocycles. The zero-order valence-electron chi connectivity index (χ0n) is 13.8. The second kappa shape index (κ2) is 7.30. The van der Waals surface area contributed by atoms with E-state index in [-0.39, 0.29) is 11.9 Å². The number of carbonyl (C=O) groups is 1. The van der Waals surface area contributed by atoms with Gasteiger partial charge < -0.3 is 9.84 Å². The zero-order chi connectivity index (χ0) is 18.0. The number of sulfonamides is 1. The second-order valence-corrected chi connectivity index (χ2v) is 14.4. The third-order valence-corrected chi connectivity index (χ3v) is 6.72. The molecular formula is C12H22ClN3O5SSi. The molecule has 0 saturated carbocycles. The summed E-state index contributed by atoms with van der Waals surface area (Å²) in [6.07, 6.45) is 0. The fourth-order valence-electron chi connectivity index (χ4n) is 1.62. The minimum absolute atomic E-state index is 0.242. The quantitative estimate of drug-likeness (QED) is 0.542. The van der Waals surface area contributed by atoms with Crippen LogP contribution in [0, 0.1) is 0 Å². The lowest BCUT2D eigenvalue weighted by Gasteiger charge is -2.17. The summed E-state index contributed by atoms with van der Waals surface area (Å²) in [6, 6.07) is 0.869. The van der Waals surface area contributed by atoms with Gasteiger partial charge in [0.2, 0.25) is 5.16 Å². The molecule has 0 bridgehead atoms. The van der Waals surface area contributed by atoms with Crippen molar-refractivity contribution in [2.75, 3.05) is 20.7 Å². The summed E-state index contributed by atoms with van der Waals surface area (Å²) < 4.78 is 31.9. The first-order valence-electron chi connectivity index (χ1n) is 6.87. The predicted octanol–water partition coefficient (Wildman–Crippen LogP) is 1.80. The molecule has 0 atom stereocenters. The summed E-state index contributed by atoms with van der Waals surface area (Å²) in [5.74, 6) is -1.36. The number of hydrogen-bond donors (Lipinski definition) is 1. The van der Waals surface area contributed by atoms with E-state index in [0.29, 0.717) is 6.61 Å². The van der Waals surface area contributed by atoms with Gasteiger partial charge in [0, 0.05) is 28.8 Å². The molecule has 0 aliphatic heterocycles. The third-order valence-electron chi connectivity index (χ3n) is 3.02. The highest BCUT2D eigenvalue weighted by molar-refractivity contribution is 7.88. The van der Waals surface area contributed by atoms with Gasteiger partial charge in [0.15, 0.2) is 10.8 Å². The molecular weight excluding hydrogens is 362 g/mol. The lowest BCUT2D eigenvalue weighted by molar-refractivity contribution is 0.0601. The van der Waals surface area contributed by atoms with Crippen LogP contribution in [0.15, 0.2) is 5.16 Å². The van der Waals surface area contributed by atoms with Crippen LogP contribution in [0.4, 0.5) is 0 Å². The minimum atomic E-state index is -3.94. The third kappa shape index (κ3) is 5.01. The van der Waals surface area contributed by atoms with Crippen molar-refractivity contribution >= 4 is 35.7 Å². The number of hydrogen-bond acceptors (Lipinski definition) is 5. The Bertz CT molecular complexity index is 682. The number of nitrogens with zero attached hydrogens (tertiary/aromatic N) is 3. The summed E-state index contributed by atoms with van der Waals surface area (Å²) in [5.41, 5.74) is -0.403. The Labute approximate surface area is 142 Å². The molecule has 23 heavy (non-hydrogen) atoms. The van der Waals surface area contributed by atoms with Crippen LogP contribution in [0.2, 0.25) is 30.8 Å². The smallest absolute Gasteiger partial charge is 0.355 e. The molecule has 1 rings (SSSR count). The van der Waals surface area contributed by atoms with Crippen molar-refractivity contribution in [1.82, 2.24) is 13.9 Å². The van der Waals surface area contributed by atoms with Crippen LogP contribution in [0.3, 0.4) is 0 Å². The van der Waals surface area contributed by atoms with Gasteiger partial charge in [0.1, 0.15) is 6.73 Å². The Morgan fingerprint density at radius 1 is 1.39 bits per heavy atom. The van der Waals surface area contributed by atoms with Crippen LogP contribution < -0.4 is 0 Å². The van der Waals surface area contributed by atoms with Crippen molar-refractivity contribution in [1.29, 1.82) is 0 Å². The number of imidazole rings is 1. The predicted molar refractivity (Wildman–Crippen MR) is 89.2 cm³/mol. The molecule has 1 N–H and O–H groups in total. The summed E-state index contributed by atoms with van der Waals surface area (Å²) in [6.45, 7) is 6.69. The number of halogens is 1. The Hall–Kier alpha value is -0.943. The van der Waals surface area contributed by atoms with Crippen LogP contribution in [0.5, 0.6) is 0 Å². The molecule has 1 aromatic rings. The van der Waals surface area contributed by atoms with Gasteiger partial charge in [-0.25, -0.2) is 22.5 Å². The Morgan fingerprint density at radius 2 is 1.96 bits per heavy atom. The minimum Gasteiger partial charge on any atom is -0.476 e. The molecule has 11 heteroatoms. The van der Waals surface area contributed by atoms with Crippen LogP contribution in [0.1, 0.15) is 10.5 Å². The van der Waals surface area contributed by atoms with E-state index in [1.54, 1.807) is 0 Å². The molecule has 1 aromatic heterocycles. The lowest BCUT2D eigenvalue weighted by atomic mass is 10.5. The maximum Gasteiger partial charge on any atom is 0.355 e. The van der Waals surface area contributed by atoms with Crippen molar-refractivity contribution < 1.29 is 23.1 Å². The summed E-state index contributed by atoms with van der Waals surface area (Å²) >= 11 is 5.80. The van der Waals surface area contributed by atoms with E-state index in [1.807, 2.05) is 0 Å². The molecule has 0 aliphatic rings. The van der Waals surface area contributed by atoms with Crippen molar-refractivity contribution in [2.24, 2.45) is 0 Å². The molecule has 0 saturated heterocycles. The van der Waals surface area contributed by atoms with E-state index in [9.17, 15) is 18.3 Å². The van der Waals surface area contributed by atoms with Crippen molar-refractivity contribution in [3.8, 4) is 0 Å². The molecule has 8 nitrogen and oxygen atoms in total. The maximum atomic E-state index is 12.3. The first kappa shape index (κ1) is 20.1. The standard InChI is InChI=1S/C12H22ClN3O5SSi/c1-15(2)22(19,20)12-14-10(13)9(11(17)18)16(12)8-21-6-7-23(3,4)5/h6-8H2,1-5H3,(H,17,18). The fraction of sp³-hybridized carbons (Fsp3) is 0.667. The first-order valence-corrected chi connectivity index (χ1v) is 12.4. The van der Waals surface area contributed by atoms with E-state index in [0.717, 1.165) is 14.9 Å². The van der Waals surface area contributed by atoms with Gasteiger partial charge in [0.05, 0.1) is 0 Å². The number of carboxylic acids is 1. The Balaban J connectivity index is 3.15. The van der Waals surface area contributed by atoms with E-state index in [4.69, 9.17) is 16.3 Å². The van der Waals surface area contributed by atoms with Gasteiger partial charge in [-0.2, -0.15) is 0 Å². The fourth-order valence-corrected chi connectivity index (χ4v) is 3.65. The summed E-state index contributed by atoms with van der Waals surface area (Å²) in [7, 11) is -2.60. The highest BCUT2D eigenvalue weighted by Crippen LogP contribution is 2.23. The molecule has 0 fully saturated rings. The largest absolute Gasteiger partial charge is 0.476 e. The van der Waals surface area contributed by atoms with Crippen LogP contribution in [-0.2, 0) is 21.5 Å². The topological polar surface area (TPSA) is 102 Å². The van der Waals surface area contributed by atoms with Crippen LogP contribution >= 0.6 is 11.6 Å². The monoisotopic (exact) mass is 383 g/mol. The first-order chi connectivity index (χ1) is 10.4. The van der Waals surface area contributed by atoms with E-state index in [2.05, 4.69) is 24.6 Å². The van der Waals surface area contributed by atoms with Crippen molar-refractivity contribution in [2.45, 2.75) is 37.6 Å². The number of aromatic nitrogens is 2. The summed E-state index contributed by atoms with van der Waals surface area (Å²) in [4.78, 5) is 15.0. The van der Waals surface area contributed by atoms with Gasteiger partial charge in [0.25, 0.3) is 10.0 Å². The number of aromatic carboxylic acids is 1. The molecule has 0 radical (unpaired) electrons. The molecule has 0 spiro atoms. The van der Waals surface area contributed by atoms with Gasteiger partial charge in [-0.1, -0.05) is 31.2 Å². The maximum absolute atomic E-state index is 12.3. The number of carboxylic acid groups (broad SMARTS) is 1. The number of rotatable bonds is 8. The average Bonchev–Trinajstić information content (AvgIpc) is 2.71. The van der Waals surface area contributed by atoms with Gasteiger partial charge >= 0.3 is 5.97 Å². The van der Waals surface area contributed by atoms with E-state index < -0.39 is 34.9 Å². The second-order valence-electron chi connectivity index (χ2n) is 6.40. The van der Waals surface area contributed by atoms with Crippen molar-refractivity contribution in [3.05, 3.63) is 10.8 Å². The van der Waals surface area contributed by atoms with Gasteiger partial charge in [-0.15, -0.1) is 0 Å². The van der Waals surface area contributed by atoms with Gasteiger partial charge in [-0.05, 0) is 6.04 Å². The van der Waals surface area contributed by atoms with E-state index >= 15 is 0 Å². The molecule has 1 heterocycles. The van der Waals surface area contributed by atoms with Crippen molar-refractivity contribution in [3.63, 3.8) is 0 Å². The number of ether oxygens (including phenoxy) is 1. The Morgan fingerprint density at radius 3 is 2.39 bits per heavy atom. The SMILES string of the molecule is CN(C)S(=O)(=O)c1nc(Cl)c(C(=O)O)n1COCC[Si](C)(C)C. The molecule has 132 valence electrons. The van der Waals surface area contributed by atoms with Gasteiger partial charge in [-0.3, -0.25) is 4.57 Å². The zero-order valence-corrected chi connectivity index (χ0v) is 16.4. The summed E-state index contributed by atoms with van der Waals surface area (Å²) in [5, 5.41) is 8.42.